The zero-order chi connectivity index (χ0) is 20.6. The van der Waals surface area contributed by atoms with E-state index in [1.165, 1.54) is 13.3 Å². The molecule has 1 N–H and O–H groups in total. The number of ether oxygens (including phenoxy) is 2. The molecule has 1 atom stereocenters. The predicted octanol–water partition coefficient (Wildman–Crippen LogP) is 2.27. The summed E-state index contributed by atoms with van der Waals surface area (Å²) >= 11 is 0. The number of H-pyrrole nitrogens is 1. The van der Waals surface area contributed by atoms with Gasteiger partial charge >= 0.3 is 0 Å². The minimum Gasteiger partial charge on any atom is -0.497 e. The van der Waals surface area contributed by atoms with Gasteiger partial charge in [0.05, 0.1) is 37.7 Å². The number of likely N-dealkylation sites (tertiary alicyclic amines) is 2. The number of methoxy groups -OCH3 is 2. The van der Waals surface area contributed by atoms with Gasteiger partial charge in [0.25, 0.3) is 11.8 Å². The van der Waals surface area contributed by atoms with Gasteiger partial charge in [-0.1, -0.05) is 0 Å². The molecule has 0 aliphatic carbocycles. The molecule has 0 spiro atoms. The highest BCUT2D eigenvalue weighted by Gasteiger charge is 2.50. The molecule has 156 valence electrons. The number of hydrogen-bond acceptors (Lipinski definition) is 5. The number of aromatic nitrogens is 2. The quantitative estimate of drug-likeness (QED) is 0.797. The van der Waals surface area contributed by atoms with Crippen LogP contribution >= 0.6 is 0 Å². The van der Waals surface area contributed by atoms with Crippen molar-refractivity contribution in [2.75, 3.05) is 40.5 Å². The Kier molecular flexibility index (Phi) is 5.26. The second kappa shape index (κ2) is 7.72. The Morgan fingerprint density at radius 2 is 2.00 bits per heavy atom. The number of aromatic amines is 1. The molecule has 29 heavy (non-hydrogen) atoms. The molecule has 2 aliphatic heterocycles. The monoisotopic (exact) mass is 406 g/mol. The maximum Gasteiger partial charge on any atom is 0.262 e. The molecule has 1 amide bonds. The fourth-order valence-corrected chi connectivity index (χ4v) is 4.12. The molecule has 0 bridgehead atoms. The van der Waals surface area contributed by atoms with Crippen LogP contribution in [0.15, 0.2) is 30.5 Å². The van der Waals surface area contributed by atoms with Crippen molar-refractivity contribution in [3.8, 4) is 17.0 Å². The van der Waals surface area contributed by atoms with E-state index < -0.39 is 5.92 Å². The van der Waals surface area contributed by atoms with Crippen LogP contribution in [0, 0.1) is 0 Å². The third kappa shape index (κ3) is 3.84. The Balaban J connectivity index is 1.43. The molecule has 0 unspecified atom stereocenters. The second-order valence-corrected chi connectivity index (χ2v) is 7.59. The van der Waals surface area contributed by atoms with Gasteiger partial charge in [0.1, 0.15) is 5.75 Å². The van der Waals surface area contributed by atoms with Gasteiger partial charge in [-0.05, 0) is 24.3 Å². The number of amides is 1. The standard InChI is InChI=1S/C20H24F2N4O3/c1-28-11-14-7-20(21,22)12-26(14)15-9-25(10-15)19(27)17-8-23-24-18(17)13-3-5-16(29-2)6-4-13/h3-6,8,14-15H,7,9-12H2,1-2H3,(H,23,24)/t14-/m0/s1. The molecule has 2 aromatic rings. The highest BCUT2D eigenvalue weighted by Crippen LogP contribution is 2.36. The highest BCUT2D eigenvalue weighted by molar-refractivity contribution is 6.00. The Morgan fingerprint density at radius 1 is 1.28 bits per heavy atom. The minimum absolute atomic E-state index is 0.0798. The van der Waals surface area contributed by atoms with E-state index in [9.17, 15) is 13.6 Å². The Hall–Kier alpha value is -2.52. The van der Waals surface area contributed by atoms with Crippen molar-refractivity contribution in [3.05, 3.63) is 36.0 Å². The van der Waals surface area contributed by atoms with Crippen LogP contribution in [0.2, 0.25) is 0 Å². The lowest BCUT2D eigenvalue weighted by Gasteiger charge is -2.45. The van der Waals surface area contributed by atoms with Crippen molar-refractivity contribution in [3.63, 3.8) is 0 Å². The molecule has 2 aliphatic rings. The van der Waals surface area contributed by atoms with Crippen LogP contribution < -0.4 is 4.74 Å². The van der Waals surface area contributed by atoms with Gasteiger partial charge in [0, 0.05) is 44.3 Å². The van der Waals surface area contributed by atoms with Crippen LogP contribution in [0.5, 0.6) is 5.75 Å². The van der Waals surface area contributed by atoms with Gasteiger partial charge in [-0.3, -0.25) is 14.8 Å². The summed E-state index contributed by atoms with van der Waals surface area (Å²) in [5.74, 6) is -2.14. The van der Waals surface area contributed by atoms with E-state index in [0.29, 0.717) is 24.3 Å². The largest absolute Gasteiger partial charge is 0.497 e. The van der Waals surface area contributed by atoms with E-state index in [0.717, 1.165) is 11.3 Å². The summed E-state index contributed by atoms with van der Waals surface area (Å²) in [6.07, 6.45) is 1.31. The molecule has 2 fully saturated rings. The average Bonchev–Trinajstić information content (AvgIpc) is 3.25. The maximum atomic E-state index is 13.9. The summed E-state index contributed by atoms with van der Waals surface area (Å²) in [6.45, 7) is 0.824. The van der Waals surface area contributed by atoms with Crippen LogP contribution in [0.25, 0.3) is 11.3 Å². The van der Waals surface area contributed by atoms with Crippen molar-refractivity contribution in [2.24, 2.45) is 0 Å². The number of nitrogens with zero attached hydrogens (tertiary/aromatic N) is 3. The molecule has 9 heteroatoms. The number of benzene rings is 1. The Bertz CT molecular complexity index is 865. The summed E-state index contributed by atoms with van der Waals surface area (Å²) in [5.41, 5.74) is 1.92. The number of carbonyl (C=O) groups excluding carboxylic acids is 1. The molecule has 1 aromatic heterocycles. The number of halogens is 2. The average molecular weight is 406 g/mol. The van der Waals surface area contributed by atoms with E-state index >= 15 is 0 Å². The van der Waals surface area contributed by atoms with Crippen molar-refractivity contribution in [1.82, 2.24) is 20.0 Å². The Morgan fingerprint density at radius 3 is 2.66 bits per heavy atom. The van der Waals surface area contributed by atoms with Crippen LogP contribution in [0.4, 0.5) is 8.78 Å². The van der Waals surface area contributed by atoms with Gasteiger partial charge in [0.15, 0.2) is 0 Å². The highest BCUT2D eigenvalue weighted by atomic mass is 19.3. The van der Waals surface area contributed by atoms with E-state index in [1.54, 1.807) is 16.9 Å². The SMILES string of the molecule is COC[C@@H]1CC(F)(F)CN1C1CN(C(=O)c2cn[nH]c2-c2ccc(OC)cc2)C1. The molecule has 0 saturated carbocycles. The number of alkyl halides is 2. The molecule has 4 rings (SSSR count). The van der Waals surface area contributed by atoms with Crippen LogP contribution in [0.3, 0.4) is 0 Å². The van der Waals surface area contributed by atoms with Gasteiger partial charge in [-0.25, -0.2) is 8.78 Å². The van der Waals surface area contributed by atoms with E-state index in [-0.39, 0.29) is 37.6 Å². The summed E-state index contributed by atoms with van der Waals surface area (Å²) < 4.78 is 38.0. The van der Waals surface area contributed by atoms with Crippen LogP contribution in [-0.4, -0.2) is 84.4 Å². The lowest BCUT2D eigenvalue weighted by atomic mass is 10.0. The zero-order valence-electron chi connectivity index (χ0n) is 16.4. The first-order chi connectivity index (χ1) is 13.9. The number of nitrogens with one attached hydrogen (secondary N) is 1. The lowest BCUT2D eigenvalue weighted by Crippen LogP contribution is -2.62. The van der Waals surface area contributed by atoms with Crippen molar-refractivity contribution >= 4 is 5.91 Å². The van der Waals surface area contributed by atoms with E-state index in [1.807, 2.05) is 24.3 Å². The second-order valence-electron chi connectivity index (χ2n) is 7.59. The summed E-state index contributed by atoms with van der Waals surface area (Å²) in [5, 5.41) is 6.90. The van der Waals surface area contributed by atoms with Crippen molar-refractivity contribution in [1.29, 1.82) is 0 Å². The lowest BCUT2D eigenvalue weighted by molar-refractivity contribution is -0.0136. The third-order valence-corrected chi connectivity index (χ3v) is 5.64. The first-order valence-electron chi connectivity index (χ1n) is 9.51. The summed E-state index contributed by atoms with van der Waals surface area (Å²) in [6, 6.07) is 6.93. The topological polar surface area (TPSA) is 70.7 Å². The summed E-state index contributed by atoms with van der Waals surface area (Å²) in [4.78, 5) is 16.4. The first-order valence-corrected chi connectivity index (χ1v) is 9.51. The fourth-order valence-electron chi connectivity index (χ4n) is 4.12. The van der Waals surface area contributed by atoms with E-state index in [4.69, 9.17) is 9.47 Å². The van der Waals surface area contributed by atoms with Crippen molar-refractivity contribution in [2.45, 2.75) is 24.4 Å². The van der Waals surface area contributed by atoms with Crippen molar-refractivity contribution < 1.29 is 23.0 Å². The minimum atomic E-state index is -2.71. The Labute approximate surface area is 167 Å². The first kappa shape index (κ1) is 19.8. The zero-order valence-corrected chi connectivity index (χ0v) is 16.4. The predicted molar refractivity (Wildman–Crippen MR) is 102 cm³/mol. The fraction of sp³-hybridized carbons (Fsp3) is 0.500. The van der Waals surface area contributed by atoms with Gasteiger partial charge in [-0.2, -0.15) is 5.10 Å². The molecular weight excluding hydrogens is 382 g/mol. The summed E-state index contributed by atoms with van der Waals surface area (Å²) in [7, 11) is 3.11. The van der Waals surface area contributed by atoms with Gasteiger partial charge in [-0.15, -0.1) is 0 Å². The van der Waals surface area contributed by atoms with E-state index in [2.05, 4.69) is 10.2 Å². The molecule has 2 saturated heterocycles. The normalized spacial score (nSPS) is 21.9. The van der Waals surface area contributed by atoms with Crippen LogP contribution in [-0.2, 0) is 4.74 Å². The maximum absolute atomic E-state index is 13.9. The van der Waals surface area contributed by atoms with Gasteiger partial charge < -0.3 is 14.4 Å². The van der Waals surface area contributed by atoms with Gasteiger partial charge in [0.2, 0.25) is 0 Å². The van der Waals surface area contributed by atoms with Crippen LogP contribution in [0.1, 0.15) is 16.8 Å². The number of rotatable bonds is 6. The number of hydrogen-bond donors (Lipinski definition) is 1. The molecular formula is C20H24F2N4O3. The third-order valence-electron chi connectivity index (χ3n) is 5.64. The molecule has 3 heterocycles. The molecule has 1 aromatic carbocycles. The smallest absolute Gasteiger partial charge is 0.262 e. The molecule has 0 radical (unpaired) electrons. The molecule has 7 nitrogen and oxygen atoms in total. The number of carbonyl (C=O) groups is 1.